The van der Waals surface area contributed by atoms with E-state index in [1.54, 1.807) is 0 Å². The van der Waals surface area contributed by atoms with Crippen molar-refractivity contribution in [2.45, 2.75) is 13.3 Å². The highest BCUT2D eigenvalue weighted by Crippen LogP contribution is 2.22. The number of nitrogen functional groups attached to an aromatic ring is 1. The van der Waals surface area contributed by atoms with Crippen molar-refractivity contribution < 1.29 is 0 Å². The molecule has 6 heteroatoms. The number of likely N-dealkylation sites (tertiary alicyclic amines) is 1. The molecule has 17 heavy (non-hydrogen) atoms. The summed E-state index contributed by atoms with van der Waals surface area (Å²) >= 11 is 5.81. The normalized spacial score (nSPS) is 20.8. The van der Waals surface area contributed by atoms with Crippen LogP contribution in [-0.4, -0.2) is 41.5 Å². The summed E-state index contributed by atoms with van der Waals surface area (Å²) in [5, 5.41) is 3.51. The summed E-state index contributed by atoms with van der Waals surface area (Å²) in [5.74, 6) is 1.30. The van der Waals surface area contributed by atoms with Gasteiger partial charge in [-0.15, -0.1) is 0 Å². The fraction of sp³-hybridized carbons (Fsp3) is 0.636. The van der Waals surface area contributed by atoms with Crippen LogP contribution in [0.15, 0.2) is 0 Å². The SMILES string of the molecule is Cc1nc(Cl)nc(NCC2CCN(C)C2)c1N. The molecule has 0 aromatic carbocycles. The summed E-state index contributed by atoms with van der Waals surface area (Å²) in [4.78, 5) is 10.5. The maximum absolute atomic E-state index is 5.91. The van der Waals surface area contributed by atoms with E-state index in [1.807, 2.05) is 6.92 Å². The highest BCUT2D eigenvalue weighted by atomic mass is 35.5. The number of aromatic nitrogens is 2. The van der Waals surface area contributed by atoms with Crippen LogP contribution in [-0.2, 0) is 0 Å². The van der Waals surface area contributed by atoms with Crippen LogP contribution in [0.2, 0.25) is 5.28 Å². The number of aryl methyl sites for hydroxylation is 1. The lowest BCUT2D eigenvalue weighted by Gasteiger charge is -2.14. The van der Waals surface area contributed by atoms with E-state index in [9.17, 15) is 0 Å². The van der Waals surface area contributed by atoms with Crippen molar-refractivity contribution in [2.75, 3.05) is 37.7 Å². The Balaban J connectivity index is 1.99. The zero-order valence-corrected chi connectivity index (χ0v) is 11.0. The molecule has 0 aliphatic carbocycles. The smallest absolute Gasteiger partial charge is 0.224 e. The molecule has 1 aliphatic rings. The molecule has 1 aromatic rings. The Morgan fingerprint density at radius 3 is 2.94 bits per heavy atom. The largest absolute Gasteiger partial charge is 0.394 e. The molecule has 2 rings (SSSR count). The van der Waals surface area contributed by atoms with Crippen LogP contribution in [0, 0.1) is 12.8 Å². The fourth-order valence-corrected chi connectivity index (χ4v) is 2.33. The number of nitrogens with one attached hydrogen (secondary N) is 1. The van der Waals surface area contributed by atoms with E-state index in [0.29, 0.717) is 17.4 Å². The summed E-state index contributed by atoms with van der Waals surface area (Å²) in [6.45, 7) is 4.98. The Hall–Kier alpha value is -1.07. The Labute approximate surface area is 106 Å². The third-order valence-corrected chi connectivity index (χ3v) is 3.33. The van der Waals surface area contributed by atoms with Crippen LogP contribution in [0.25, 0.3) is 0 Å². The van der Waals surface area contributed by atoms with E-state index in [2.05, 4.69) is 27.2 Å². The monoisotopic (exact) mass is 255 g/mol. The number of nitrogens with two attached hydrogens (primary N) is 1. The first kappa shape index (κ1) is 12.4. The molecule has 0 saturated carbocycles. The average molecular weight is 256 g/mol. The van der Waals surface area contributed by atoms with Gasteiger partial charge in [-0.1, -0.05) is 0 Å². The van der Waals surface area contributed by atoms with Crippen LogP contribution in [0.3, 0.4) is 0 Å². The average Bonchev–Trinajstić information content (AvgIpc) is 2.67. The van der Waals surface area contributed by atoms with Gasteiger partial charge in [0.15, 0.2) is 5.82 Å². The first-order valence-electron chi connectivity index (χ1n) is 5.78. The van der Waals surface area contributed by atoms with Gasteiger partial charge in [0.2, 0.25) is 5.28 Å². The van der Waals surface area contributed by atoms with Gasteiger partial charge in [-0.2, -0.15) is 4.98 Å². The van der Waals surface area contributed by atoms with Gasteiger partial charge in [0.05, 0.1) is 11.4 Å². The summed E-state index contributed by atoms with van der Waals surface area (Å²) in [5.41, 5.74) is 7.21. The van der Waals surface area contributed by atoms with E-state index in [1.165, 1.54) is 6.42 Å². The molecule has 0 bridgehead atoms. The predicted octanol–water partition coefficient (Wildman–Crippen LogP) is 1.38. The number of halogens is 1. The molecule has 0 amide bonds. The zero-order chi connectivity index (χ0) is 12.4. The summed E-state index contributed by atoms with van der Waals surface area (Å²) in [7, 11) is 2.14. The summed E-state index contributed by atoms with van der Waals surface area (Å²) in [6.07, 6.45) is 1.21. The van der Waals surface area contributed by atoms with Gasteiger partial charge in [-0.3, -0.25) is 0 Å². The van der Waals surface area contributed by atoms with Gasteiger partial charge in [0.1, 0.15) is 0 Å². The highest BCUT2D eigenvalue weighted by molar-refractivity contribution is 6.28. The van der Waals surface area contributed by atoms with Gasteiger partial charge in [-0.25, -0.2) is 4.98 Å². The van der Waals surface area contributed by atoms with Gasteiger partial charge in [0, 0.05) is 13.1 Å². The molecule has 1 atom stereocenters. The molecular formula is C11H18ClN5. The minimum Gasteiger partial charge on any atom is -0.394 e. The van der Waals surface area contributed by atoms with E-state index in [-0.39, 0.29) is 5.28 Å². The Kier molecular flexibility index (Phi) is 3.69. The maximum Gasteiger partial charge on any atom is 0.224 e. The van der Waals surface area contributed by atoms with Crippen LogP contribution < -0.4 is 11.1 Å². The van der Waals surface area contributed by atoms with Gasteiger partial charge < -0.3 is 16.0 Å². The molecule has 1 fully saturated rings. The summed E-state index contributed by atoms with van der Waals surface area (Å²) < 4.78 is 0. The molecule has 94 valence electrons. The van der Waals surface area contributed by atoms with E-state index < -0.39 is 0 Å². The molecule has 0 radical (unpaired) electrons. The van der Waals surface area contributed by atoms with Crippen molar-refractivity contribution in [2.24, 2.45) is 5.92 Å². The fourth-order valence-electron chi connectivity index (χ4n) is 2.12. The topological polar surface area (TPSA) is 67.1 Å². The highest BCUT2D eigenvalue weighted by Gasteiger charge is 2.19. The van der Waals surface area contributed by atoms with Crippen LogP contribution in [0.5, 0.6) is 0 Å². The molecule has 5 nitrogen and oxygen atoms in total. The van der Waals surface area contributed by atoms with Crippen LogP contribution in [0.1, 0.15) is 12.1 Å². The number of hydrogen-bond donors (Lipinski definition) is 2. The first-order chi connectivity index (χ1) is 8.06. The second-order valence-electron chi connectivity index (χ2n) is 4.64. The van der Waals surface area contributed by atoms with E-state index in [0.717, 1.165) is 25.3 Å². The minimum absolute atomic E-state index is 0.239. The van der Waals surface area contributed by atoms with Gasteiger partial charge >= 0.3 is 0 Å². The predicted molar refractivity (Wildman–Crippen MR) is 70.3 cm³/mol. The standard InChI is InChI=1S/C11H18ClN5/c1-7-9(13)10(16-11(12)15-7)14-5-8-3-4-17(2)6-8/h8H,3-6,13H2,1-2H3,(H,14,15,16). The van der Waals surface area contributed by atoms with E-state index >= 15 is 0 Å². The van der Waals surface area contributed by atoms with Gasteiger partial charge in [-0.05, 0) is 44.5 Å². The Bertz CT molecular complexity index is 409. The van der Waals surface area contributed by atoms with Crippen molar-refractivity contribution >= 4 is 23.1 Å². The minimum atomic E-state index is 0.239. The Morgan fingerprint density at radius 2 is 2.29 bits per heavy atom. The first-order valence-corrected chi connectivity index (χ1v) is 6.16. The Morgan fingerprint density at radius 1 is 1.53 bits per heavy atom. The van der Waals surface area contributed by atoms with Crippen molar-refractivity contribution in [3.05, 3.63) is 11.0 Å². The van der Waals surface area contributed by atoms with Crippen molar-refractivity contribution in [3.63, 3.8) is 0 Å². The molecule has 3 N–H and O–H groups in total. The van der Waals surface area contributed by atoms with Crippen LogP contribution in [0.4, 0.5) is 11.5 Å². The third-order valence-electron chi connectivity index (χ3n) is 3.16. The number of anilines is 2. The number of nitrogens with zero attached hydrogens (tertiary/aromatic N) is 3. The van der Waals surface area contributed by atoms with Crippen LogP contribution >= 0.6 is 11.6 Å². The molecule has 1 aliphatic heterocycles. The molecular weight excluding hydrogens is 238 g/mol. The van der Waals surface area contributed by atoms with Gasteiger partial charge in [0.25, 0.3) is 0 Å². The molecule has 1 saturated heterocycles. The summed E-state index contributed by atoms with van der Waals surface area (Å²) in [6, 6.07) is 0. The molecule has 0 spiro atoms. The maximum atomic E-state index is 5.91. The number of hydrogen-bond acceptors (Lipinski definition) is 5. The second-order valence-corrected chi connectivity index (χ2v) is 4.98. The lowest BCUT2D eigenvalue weighted by atomic mass is 10.1. The quantitative estimate of drug-likeness (QED) is 0.799. The van der Waals surface area contributed by atoms with Crippen molar-refractivity contribution in [1.29, 1.82) is 0 Å². The lowest BCUT2D eigenvalue weighted by molar-refractivity contribution is 0.399. The second kappa shape index (κ2) is 5.06. The third kappa shape index (κ3) is 2.98. The number of rotatable bonds is 3. The molecule has 1 aromatic heterocycles. The lowest BCUT2D eigenvalue weighted by Crippen LogP contribution is -2.20. The molecule has 1 unspecified atom stereocenters. The van der Waals surface area contributed by atoms with Crippen molar-refractivity contribution in [3.8, 4) is 0 Å². The molecule has 2 heterocycles. The van der Waals surface area contributed by atoms with E-state index in [4.69, 9.17) is 17.3 Å². The zero-order valence-electron chi connectivity index (χ0n) is 10.2. The van der Waals surface area contributed by atoms with Crippen molar-refractivity contribution in [1.82, 2.24) is 14.9 Å².